The number of ether oxygens (including phenoxy) is 1. The Hall–Kier alpha value is -2.11. The topological polar surface area (TPSA) is 92.7 Å². The molecule has 0 aromatic heterocycles. The lowest BCUT2D eigenvalue weighted by Crippen LogP contribution is -2.28. The van der Waals surface area contributed by atoms with Crippen molar-refractivity contribution in [1.82, 2.24) is 5.32 Å². The number of carbonyl (C=O) groups is 3. The highest BCUT2D eigenvalue weighted by Gasteiger charge is 2.11. The first-order valence-electron chi connectivity index (χ1n) is 16.0. The zero-order valence-corrected chi connectivity index (χ0v) is 25.2. The molecule has 0 aliphatic heterocycles. The van der Waals surface area contributed by atoms with Gasteiger partial charge in [-0.05, 0) is 44.6 Å². The summed E-state index contributed by atoms with van der Waals surface area (Å²) in [6.07, 6.45) is 31.6. The maximum absolute atomic E-state index is 12.5. The summed E-state index contributed by atoms with van der Waals surface area (Å²) < 4.78 is 5.82. The van der Waals surface area contributed by atoms with E-state index < -0.39 is 5.97 Å². The number of carbonyl (C=O) groups excluding carboxylic acids is 2. The molecule has 0 radical (unpaired) electrons. The monoisotopic (exact) mass is 549 g/mol. The molecule has 0 aliphatic rings. The first kappa shape index (κ1) is 36.9. The zero-order chi connectivity index (χ0) is 28.8. The van der Waals surface area contributed by atoms with E-state index in [0.717, 1.165) is 57.8 Å². The van der Waals surface area contributed by atoms with Gasteiger partial charge in [0.1, 0.15) is 12.6 Å². The molecular formula is C33H59NO5. The van der Waals surface area contributed by atoms with Crippen LogP contribution in [0.3, 0.4) is 0 Å². The molecule has 0 aromatic carbocycles. The molecule has 0 spiro atoms. The van der Waals surface area contributed by atoms with Gasteiger partial charge in [0.25, 0.3) is 0 Å². The van der Waals surface area contributed by atoms with E-state index in [9.17, 15) is 14.4 Å². The van der Waals surface area contributed by atoms with Gasteiger partial charge in [-0.1, -0.05) is 122 Å². The van der Waals surface area contributed by atoms with Crippen molar-refractivity contribution in [3.8, 4) is 0 Å². The maximum atomic E-state index is 12.5. The molecule has 0 saturated heterocycles. The predicted molar refractivity (Wildman–Crippen MR) is 162 cm³/mol. The molecule has 0 saturated carbocycles. The lowest BCUT2D eigenvalue weighted by atomic mass is 10.1. The Kier molecular flexibility index (Phi) is 27.3. The number of amides is 1. The molecule has 2 N–H and O–H groups in total. The number of hydrogen-bond donors (Lipinski definition) is 2. The van der Waals surface area contributed by atoms with Crippen LogP contribution in [0.2, 0.25) is 0 Å². The molecule has 6 nitrogen and oxygen atoms in total. The van der Waals surface area contributed by atoms with Crippen LogP contribution in [0, 0.1) is 0 Å². The third kappa shape index (κ3) is 28.7. The predicted octanol–water partition coefficient (Wildman–Crippen LogP) is 8.83. The average Bonchev–Trinajstić information content (AvgIpc) is 2.91. The first-order valence-corrected chi connectivity index (χ1v) is 16.0. The van der Waals surface area contributed by atoms with Gasteiger partial charge >= 0.3 is 11.9 Å². The molecule has 39 heavy (non-hydrogen) atoms. The van der Waals surface area contributed by atoms with Crippen LogP contribution in [0.1, 0.15) is 155 Å². The molecule has 0 aromatic rings. The first-order chi connectivity index (χ1) is 19.0. The summed E-state index contributed by atoms with van der Waals surface area (Å²) in [5.74, 6) is -1.35. The van der Waals surface area contributed by atoms with Gasteiger partial charge in [0.15, 0.2) is 0 Å². The van der Waals surface area contributed by atoms with E-state index in [2.05, 4.69) is 37.4 Å². The number of esters is 1. The van der Waals surface area contributed by atoms with Crippen LogP contribution in [0.4, 0.5) is 0 Å². The molecule has 6 heteroatoms. The fourth-order valence-corrected chi connectivity index (χ4v) is 4.45. The second kappa shape index (κ2) is 28.9. The van der Waals surface area contributed by atoms with Crippen molar-refractivity contribution in [1.29, 1.82) is 0 Å². The van der Waals surface area contributed by atoms with Crippen LogP contribution in [-0.2, 0) is 19.1 Å². The van der Waals surface area contributed by atoms with Crippen molar-refractivity contribution in [3.63, 3.8) is 0 Å². The average molecular weight is 550 g/mol. The summed E-state index contributed by atoms with van der Waals surface area (Å²) in [7, 11) is 0. The minimum atomic E-state index is -1.03. The Morgan fingerprint density at radius 3 is 1.87 bits per heavy atom. The molecule has 1 amide bonds. The van der Waals surface area contributed by atoms with E-state index in [4.69, 9.17) is 9.84 Å². The highest BCUT2D eigenvalue weighted by Crippen LogP contribution is 2.15. The number of aliphatic carboxylic acids is 1. The van der Waals surface area contributed by atoms with Crippen molar-refractivity contribution in [2.45, 2.75) is 161 Å². The molecule has 1 unspecified atom stereocenters. The summed E-state index contributed by atoms with van der Waals surface area (Å²) in [6, 6.07) is 0. The SMILES string of the molecule is CCCC/C=C\C/C=C\C(CCCCCCC(=O)NCC(=O)O)OC(=O)CCCCCCCCCCCCC. The van der Waals surface area contributed by atoms with Crippen LogP contribution in [0.25, 0.3) is 0 Å². The standard InChI is InChI=1S/C33H59NO5/c1-3-5-7-9-11-12-13-14-16-18-24-28-33(38)39-30(25-21-17-15-10-8-6-4-2)26-22-19-20-23-27-31(35)34-29-32(36)37/h10,15,21,25,30H,3-9,11-14,16-20,22-24,26-29H2,1-2H3,(H,34,35)(H,36,37)/b15-10-,25-21-. The summed E-state index contributed by atoms with van der Waals surface area (Å²) in [6.45, 7) is 4.12. The Balaban J connectivity index is 4.21. The van der Waals surface area contributed by atoms with Gasteiger partial charge in [-0.2, -0.15) is 0 Å². The van der Waals surface area contributed by atoms with Gasteiger partial charge in [0, 0.05) is 12.8 Å². The molecule has 1 atom stereocenters. The Morgan fingerprint density at radius 2 is 1.26 bits per heavy atom. The van der Waals surface area contributed by atoms with Gasteiger partial charge in [0.05, 0.1) is 0 Å². The molecule has 0 rings (SSSR count). The Bertz CT molecular complexity index is 658. The number of unbranched alkanes of at least 4 members (excludes halogenated alkanes) is 15. The lowest BCUT2D eigenvalue weighted by molar-refractivity contribution is -0.147. The second-order valence-electron chi connectivity index (χ2n) is 10.7. The quantitative estimate of drug-likeness (QED) is 0.0578. The lowest BCUT2D eigenvalue weighted by Gasteiger charge is -2.14. The minimum absolute atomic E-state index is 0.103. The van der Waals surface area contributed by atoms with Gasteiger partial charge in [-0.15, -0.1) is 0 Å². The van der Waals surface area contributed by atoms with Crippen molar-refractivity contribution >= 4 is 17.8 Å². The van der Waals surface area contributed by atoms with Crippen LogP contribution < -0.4 is 5.32 Å². The number of nitrogens with one attached hydrogen (secondary N) is 1. The van der Waals surface area contributed by atoms with Gasteiger partial charge in [0.2, 0.25) is 5.91 Å². The Morgan fingerprint density at radius 1 is 0.692 bits per heavy atom. The fourth-order valence-electron chi connectivity index (χ4n) is 4.45. The van der Waals surface area contributed by atoms with E-state index in [0.29, 0.717) is 12.8 Å². The van der Waals surface area contributed by atoms with Gasteiger partial charge in [-0.3, -0.25) is 14.4 Å². The second-order valence-corrected chi connectivity index (χ2v) is 10.7. The number of carboxylic acids is 1. The van der Waals surface area contributed by atoms with Crippen molar-refractivity contribution in [2.75, 3.05) is 6.54 Å². The summed E-state index contributed by atoms with van der Waals surface area (Å²) in [5.41, 5.74) is 0. The fraction of sp³-hybridized carbons (Fsp3) is 0.788. The third-order valence-corrected chi connectivity index (χ3v) is 6.86. The maximum Gasteiger partial charge on any atom is 0.322 e. The molecule has 226 valence electrons. The molecule has 0 fully saturated rings. The van der Waals surface area contributed by atoms with E-state index >= 15 is 0 Å². The number of allylic oxidation sites excluding steroid dienone is 3. The number of hydrogen-bond acceptors (Lipinski definition) is 4. The summed E-state index contributed by atoms with van der Waals surface area (Å²) in [5, 5.41) is 11.0. The van der Waals surface area contributed by atoms with Crippen molar-refractivity contribution in [3.05, 3.63) is 24.3 Å². The third-order valence-electron chi connectivity index (χ3n) is 6.86. The smallest absolute Gasteiger partial charge is 0.322 e. The molecule has 0 aliphatic carbocycles. The van der Waals surface area contributed by atoms with E-state index in [-0.39, 0.29) is 24.5 Å². The van der Waals surface area contributed by atoms with E-state index in [1.54, 1.807) is 0 Å². The van der Waals surface area contributed by atoms with Crippen molar-refractivity contribution < 1.29 is 24.2 Å². The highest BCUT2D eigenvalue weighted by molar-refractivity contribution is 5.80. The van der Waals surface area contributed by atoms with Crippen LogP contribution in [0.15, 0.2) is 24.3 Å². The zero-order valence-electron chi connectivity index (χ0n) is 25.2. The number of rotatable bonds is 28. The van der Waals surface area contributed by atoms with Crippen LogP contribution in [0.5, 0.6) is 0 Å². The molecular weight excluding hydrogens is 490 g/mol. The normalized spacial score (nSPS) is 12.3. The minimum Gasteiger partial charge on any atom is -0.480 e. The Labute approximate surface area is 239 Å². The van der Waals surface area contributed by atoms with E-state index in [1.807, 2.05) is 6.08 Å². The van der Waals surface area contributed by atoms with E-state index in [1.165, 1.54) is 70.6 Å². The number of carboxylic acid groups (broad SMARTS) is 1. The van der Waals surface area contributed by atoms with Crippen LogP contribution >= 0.6 is 0 Å². The summed E-state index contributed by atoms with van der Waals surface area (Å²) >= 11 is 0. The van der Waals surface area contributed by atoms with Crippen molar-refractivity contribution in [2.24, 2.45) is 0 Å². The molecule has 0 bridgehead atoms. The van der Waals surface area contributed by atoms with Crippen LogP contribution in [-0.4, -0.2) is 35.6 Å². The summed E-state index contributed by atoms with van der Waals surface area (Å²) in [4.78, 5) is 34.6. The van der Waals surface area contributed by atoms with Gasteiger partial charge < -0.3 is 15.2 Å². The van der Waals surface area contributed by atoms with Gasteiger partial charge in [-0.25, -0.2) is 0 Å². The highest BCUT2D eigenvalue weighted by atomic mass is 16.5. The molecule has 0 heterocycles. The largest absolute Gasteiger partial charge is 0.480 e.